The summed E-state index contributed by atoms with van der Waals surface area (Å²) in [4.78, 5) is 24.6. The van der Waals surface area contributed by atoms with Gasteiger partial charge in [-0.1, -0.05) is 17.7 Å². The van der Waals surface area contributed by atoms with E-state index < -0.39 is 0 Å². The van der Waals surface area contributed by atoms with E-state index in [9.17, 15) is 9.59 Å². The molecule has 0 aliphatic heterocycles. The molecule has 1 aromatic carbocycles. The molecule has 110 valence electrons. The fraction of sp³-hybridized carbons (Fsp3) is 0.429. The van der Waals surface area contributed by atoms with Gasteiger partial charge >= 0.3 is 0 Å². The fourth-order valence-corrected chi connectivity index (χ4v) is 1.72. The number of hydrogen-bond acceptors (Lipinski definition) is 3. The van der Waals surface area contributed by atoms with Gasteiger partial charge in [0.05, 0.1) is 6.54 Å². The number of nitrogens with zero attached hydrogens (tertiary/aromatic N) is 1. The van der Waals surface area contributed by atoms with Crippen molar-refractivity contribution in [3.05, 3.63) is 28.8 Å². The van der Waals surface area contributed by atoms with E-state index in [0.717, 1.165) is 5.56 Å². The number of halogens is 1. The van der Waals surface area contributed by atoms with E-state index in [1.54, 1.807) is 26.2 Å². The first-order chi connectivity index (χ1) is 9.40. The minimum Gasteiger partial charge on any atom is -0.349 e. The standard InChI is InChI=1S/C14H20ClN3O2/c1-10-4-5-11(15)8-12(10)17-13(19)9-16-7-6-14(20)18(2)3/h4-5,8,16H,6-7,9H2,1-3H3,(H,17,19). The van der Waals surface area contributed by atoms with E-state index in [2.05, 4.69) is 10.6 Å². The second-order valence-corrected chi connectivity index (χ2v) is 5.16. The number of rotatable bonds is 6. The maximum atomic E-state index is 11.7. The molecule has 2 N–H and O–H groups in total. The lowest BCUT2D eigenvalue weighted by Crippen LogP contribution is -2.32. The number of carbonyl (C=O) groups excluding carboxylic acids is 2. The molecule has 1 rings (SSSR count). The van der Waals surface area contributed by atoms with Crippen LogP contribution in [0.1, 0.15) is 12.0 Å². The maximum Gasteiger partial charge on any atom is 0.238 e. The molecule has 2 amide bonds. The Morgan fingerprint density at radius 3 is 2.65 bits per heavy atom. The molecule has 20 heavy (non-hydrogen) atoms. The number of benzene rings is 1. The predicted molar refractivity (Wildman–Crippen MR) is 81.0 cm³/mol. The molecule has 0 saturated carbocycles. The van der Waals surface area contributed by atoms with Crippen LogP contribution in [-0.4, -0.2) is 43.9 Å². The molecule has 0 unspecified atom stereocenters. The van der Waals surface area contributed by atoms with E-state index in [-0.39, 0.29) is 18.4 Å². The summed E-state index contributed by atoms with van der Waals surface area (Å²) in [5.74, 6) is -0.128. The van der Waals surface area contributed by atoms with Gasteiger partial charge in [-0.25, -0.2) is 0 Å². The molecule has 0 saturated heterocycles. The molecule has 0 atom stereocenters. The highest BCUT2D eigenvalue weighted by molar-refractivity contribution is 6.31. The number of nitrogens with one attached hydrogen (secondary N) is 2. The summed E-state index contributed by atoms with van der Waals surface area (Å²) in [5, 5.41) is 6.29. The first-order valence-electron chi connectivity index (χ1n) is 6.37. The number of amides is 2. The zero-order chi connectivity index (χ0) is 15.1. The predicted octanol–water partition coefficient (Wildman–Crippen LogP) is 1.65. The Morgan fingerprint density at radius 2 is 2.00 bits per heavy atom. The highest BCUT2D eigenvalue weighted by Gasteiger charge is 2.06. The SMILES string of the molecule is Cc1ccc(Cl)cc1NC(=O)CNCCC(=O)N(C)C. The van der Waals surface area contributed by atoms with Crippen LogP contribution in [0.5, 0.6) is 0 Å². The van der Waals surface area contributed by atoms with Crippen LogP contribution in [0.3, 0.4) is 0 Å². The molecule has 0 spiro atoms. The number of hydrogen-bond donors (Lipinski definition) is 2. The first-order valence-corrected chi connectivity index (χ1v) is 6.75. The number of carbonyl (C=O) groups is 2. The number of aryl methyl sites for hydroxylation is 1. The van der Waals surface area contributed by atoms with Crippen molar-refractivity contribution in [2.24, 2.45) is 0 Å². The Bertz CT molecular complexity index is 489. The average molecular weight is 298 g/mol. The smallest absolute Gasteiger partial charge is 0.238 e. The monoisotopic (exact) mass is 297 g/mol. The summed E-state index contributed by atoms with van der Waals surface area (Å²) in [5.41, 5.74) is 1.65. The van der Waals surface area contributed by atoms with Gasteiger partial charge in [-0.3, -0.25) is 9.59 Å². The maximum absolute atomic E-state index is 11.7. The number of anilines is 1. The fourth-order valence-electron chi connectivity index (χ4n) is 1.54. The van der Waals surface area contributed by atoms with Gasteiger partial charge < -0.3 is 15.5 Å². The van der Waals surface area contributed by atoms with Crippen molar-refractivity contribution >= 4 is 29.1 Å². The summed E-state index contributed by atoms with van der Waals surface area (Å²) in [7, 11) is 3.41. The third-order valence-corrected chi connectivity index (χ3v) is 3.01. The Hall–Kier alpha value is -1.59. The van der Waals surface area contributed by atoms with Crippen LogP contribution in [0.2, 0.25) is 5.02 Å². The molecular formula is C14H20ClN3O2. The van der Waals surface area contributed by atoms with Gasteiger partial charge in [0, 0.05) is 37.8 Å². The van der Waals surface area contributed by atoms with Gasteiger partial charge in [-0.05, 0) is 24.6 Å². The molecule has 0 aliphatic rings. The molecular weight excluding hydrogens is 278 g/mol. The van der Waals surface area contributed by atoms with E-state index in [1.165, 1.54) is 4.90 Å². The molecule has 0 fully saturated rings. The van der Waals surface area contributed by atoms with Crippen LogP contribution in [0.15, 0.2) is 18.2 Å². The van der Waals surface area contributed by atoms with Crippen molar-refractivity contribution in [1.29, 1.82) is 0 Å². The third-order valence-electron chi connectivity index (χ3n) is 2.77. The van der Waals surface area contributed by atoms with Crippen LogP contribution in [0.25, 0.3) is 0 Å². The van der Waals surface area contributed by atoms with Crippen LogP contribution in [-0.2, 0) is 9.59 Å². The van der Waals surface area contributed by atoms with Crippen molar-refractivity contribution in [3.63, 3.8) is 0 Å². The minimum absolute atomic E-state index is 0.0311. The zero-order valence-corrected chi connectivity index (χ0v) is 12.8. The second kappa shape index (κ2) is 7.87. The van der Waals surface area contributed by atoms with Crippen LogP contribution in [0.4, 0.5) is 5.69 Å². The topological polar surface area (TPSA) is 61.4 Å². The average Bonchev–Trinajstić information content (AvgIpc) is 2.38. The van der Waals surface area contributed by atoms with E-state index in [1.807, 2.05) is 13.0 Å². The Balaban J connectivity index is 2.34. The first kappa shape index (κ1) is 16.5. The van der Waals surface area contributed by atoms with Crippen LogP contribution < -0.4 is 10.6 Å². The molecule has 0 radical (unpaired) electrons. The lowest BCUT2D eigenvalue weighted by molar-refractivity contribution is -0.128. The molecule has 0 bridgehead atoms. The summed E-state index contributed by atoms with van der Waals surface area (Å²) in [6.45, 7) is 2.53. The van der Waals surface area contributed by atoms with Crippen LogP contribution in [0, 0.1) is 6.92 Å². The van der Waals surface area contributed by atoms with Crippen LogP contribution >= 0.6 is 11.6 Å². The van der Waals surface area contributed by atoms with Crippen molar-refractivity contribution in [2.45, 2.75) is 13.3 Å². The molecule has 5 nitrogen and oxygen atoms in total. The Kier molecular flexibility index (Phi) is 6.48. The molecule has 0 aromatic heterocycles. The Labute approximate surface area is 124 Å². The van der Waals surface area contributed by atoms with Gasteiger partial charge in [0.25, 0.3) is 0 Å². The lowest BCUT2D eigenvalue weighted by Gasteiger charge is -2.11. The highest BCUT2D eigenvalue weighted by Crippen LogP contribution is 2.19. The van der Waals surface area contributed by atoms with E-state index >= 15 is 0 Å². The molecule has 1 aromatic rings. The van der Waals surface area contributed by atoms with Gasteiger partial charge in [0.15, 0.2) is 0 Å². The van der Waals surface area contributed by atoms with Gasteiger partial charge in [0.1, 0.15) is 0 Å². The van der Waals surface area contributed by atoms with E-state index in [4.69, 9.17) is 11.6 Å². The van der Waals surface area contributed by atoms with Crippen molar-refractivity contribution < 1.29 is 9.59 Å². The summed E-state index contributed by atoms with van der Waals surface area (Å²) >= 11 is 5.88. The summed E-state index contributed by atoms with van der Waals surface area (Å²) in [6.07, 6.45) is 0.372. The van der Waals surface area contributed by atoms with E-state index in [0.29, 0.717) is 23.7 Å². The highest BCUT2D eigenvalue weighted by atomic mass is 35.5. The van der Waals surface area contributed by atoms with Gasteiger partial charge in [0.2, 0.25) is 11.8 Å². The summed E-state index contributed by atoms with van der Waals surface area (Å²) in [6, 6.07) is 5.34. The zero-order valence-electron chi connectivity index (χ0n) is 12.0. The molecule has 0 aliphatic carbocycles. The second-order valence-electron chi connectivity index (χ2n) is 4.72. The summed E-state index contributed by atoms with van der Waals surface area (Å²) < 4.78 is 0. The van der Waals surface area contributed by atoms with Crippen molar-refractivity contribution in [1.82, 2.24) is 10.2 Å². The van der Waals surface area contributed by atoms with Crippen molar-refractivity contribution in [3.8, 4) is 0 Å². The molecule has 0 heterocycles. The largest absolute Gasteiger partial charge is 0.349 e. The van der Waals surface area contributed by atoms with Gasteiger partial charge in [-0.15, -0.1) is 0 Å². The lowest BCUT2D eigenvalue weighted by atomic mass is 10.2. The van der Waals surface area contributed by atoms with Crippen molar-refractivity contribution in [2.75, 3.05) is 32.5 Å². The minimum atomic E-state index is -0.160. The Morgan fingerprint density at radius 1 is 1.30 bits per heavy atom. The normalized spacial score (nSPS) is 10.2. The third kappa shape index (κ3) is 5.59. The van der Waals surface area contributed by atoms with Gasteiger partial charge in [-0.2, -0.15) is 0 Å². The molecule has 6 heteroatoms. The quantitative estimate of drug-likeness (QED) is 0.785.